The zero-order valence-corrected chi connectivity index (χ0v) is 12.4. The highest BCUT2D eigenvalue weighted by atomic mass is 19.1. The lowest BCUT2D eigenvalue weighted by atomic mass is 10.1. The molecular formula is C17H21FN2O. The summed E-state index contributed by atoms with van der Waals surface area (Å²) >= 11 is 0. The molecular weight excluding hydrogens is 267 g/mol. The number of methoxy groups -OCH3 is 1. The van der Waals surface area contributed by atoms with Crippen LogP contribution in [0.4, 0.5) is 10.1 Å². The smallest absolute Gasteiger partial charge is 0.124 e. The van der Waals surface area contributed by atoms with Crippen molar-refractivity contribution in [1.82, 2.24) is 5.32 Å². The van der Waals surface area contributed by atoms with Crippen LogP contribution in [0.3, 0.4) is 0 Å². The Morgan fingerprint density at radius 2 is 1.86 bits per heavy atom. The van der Waals surface area contributed by atoms with Crippen LogP contribution in [0.2, 0.25) is 0 Å². The third-order valence-electron chi connectivity index (χ3n) is 3.39. The van der Waals surface area contributed by atoms with Crippen LogP contribution in [-0.4, -0.2) is 20.7 Å². The average Bonchev–Trinajstić information content (AvgIpc) is 2.53. The number of hydrogen-bond acceptors (Lipinski definition) is 3. The first-order valence-corrected chi connectivity index (χ1v) is 7.02. The molecule has 2 aromatic rings. The van der Waals surface area contributed by atoms with E-state index in [4.69, 9.17) is 4.74 Å². The summed E-state index contributed by atoms with van der Waals surface area (Å²) in [5.41, 5.74) is 3.28. The van der Waals surface area contributed by atoms with E-state index in [1.165, 1.54) is 17.7 Å². The molecule has 0 spiro atoms. The maximum absolute atomic E-state index is 12.8. The van der Waals surface area contributed by atoms with Crippen LogP contribution in [0, 0.1) is 5.82 Å². The molecule has 21 heavy (non-hydrogen) atoms. The third-order valence-corrected chi connectivity index (χ3v) is 3.39. The van der Waals surface area contributed by atoms with Gasteiger partial charge in [-0.3, -0.25) is 0 Å². The number of hydrogen-bond donors (Lipinski definition) is 2. The van der Waals surface area contributed by atoms with E-state index in [0.717, 1.165) is 36.5 Å². The fraction of sp³-hybridized carbons (Fsp3) is 0.294. The molecule has 2 rings (SSSR count). The van der Waals surface area contributed by atoms with E-state index in [1.807, 2.05) is 19.2 Å². The molecule has 0 saturated heterocycles. The second kappa shape index (κ2) is 7.64. The lowest BCUT2D eigenvalue weighted by molar-refractivity contribution is 0.409. The van der Waals surface area contributed by atoms with Crippen molar-refractivity contribution in [2.45, 2.75) is 13.0 Å². The van der Waals surface area contributed by atoms with Gasteiger partial charge < -0.3 is 15.4 Å². The van der Waals surface area contributed by atoms with Crippen LogP contribution in [0.25, 0.3) is 0 Å². The highest BCUT2D eigenvalue weighted by molar-refractivity contribution is 5.51. The SMILES string of the molecule is CNc1ccc(CCNCc2ccc(F)cc2)c(OC)c1. The standard InChI is InChI=1S/C17H21FN2O/c1-19-16-8-5-14(17(11-16)21-2)9-10-20-12-13-3-6-15(18)7-4-13/h3-8,11,19-20H,9-10,12H2,1-2H3. The van der Waals surface area contributed by atoms with Gasteiger partial charge in [0.2, 0.25) is 0 Å². The van der Waals surface area contributed by atoms with E-state index in [-0.39, 0.29) is 5.82 Å². The van der Waals surface area contributed by atoms with Gasteiger partial charge in [-0.05, 0) is 42.3 Å². The largest absolute Gasteiger partial charge is 0.496 e. The predicted molar refractivity (Wildman–Crippen MR) is 84.4 cm³/mol. The van der Waals surface area contributed by atoms with Crippen LogP contribution in [0.15, 0.2) is 42.5 Å². The van der Waals surface area contributed by atoms with Crippen molar-refractivity contribution in [1.29, 1.82) is 0 Å². The normalized spacial score (nSPS) is 10.4. The molecule has 0 bridgehead atoms. The van der Waals surface area contributed by atoms with Crippen molar-refractivity contribution in [3.63, 3.8) is 0 Å². The van der Waals surface area contributed by atoms with Crippen LogP contribution in [0.5, 0.6) is 5.75 Å². The topological polar surface area (TPSA) is 33.3 Å². The van der Waals surface area contributed by atoms with Crippen LogP contribution >= 0.6 is 0 Å². The highest BCUT2D eigenvalue weighted by Crippen LogP contribution is 2.23. The van der Waals surface area contributed by atoms with Gasteiger partial charge in [0.1, 0.15) is 11.6 Å². The van der Waals surface area contributed by atoms with Crippen molar-refractivity contribution in [3.8, 4) is 5.75 Å². The van der Waals surface area contributed by atoms with E-state index in [1.54, 1.807) is 19.2 Å². The number of rotatable bonds is 7. The van der Waals surface area contributed by atoms with Gasteiger partial charge >= 0.3 is 0 Å². The fourth-order valence-electron chi connectivity index (χ4n) is 2.16. The highest BCUT2D eigenvalue weighted by Gasteiger charge is 2.04. The van der Waals surface area contributed by atoms with Gasteiger partial charge in [-0.2, -0.15) is 0 Å². The minimum atomic E-state index is -0.201. The molecule has 112 valence electrons. The molecule has 0 aromatic heterocycles. The minimum Gasteiger partial charge on any atom is -0.496 e. The Bertz CT molecular complexity index is 570. The van der Waals surface area contributed by atoms with E-state index in [0.29, 0.717) is 0 Å². The Hall–Kier alpha value is -2.07. The first-order chi connectivity index (χ1) is 10.2. The molecule has 0 unspecified atom stereocenters. The van der Waals surface area contributed by atoms with Crippen LogP contribution < -0.4 is 15.4 Å². The predicted octanol–water partition coefficient (Wildman–Crippen LogP) is 3.21. The maximum Gasteiger partial charge on any atom is 0.124 e. The van der Waals surface area contributed by atoms with E-state index >= 15 is 0 Å². The van der Waals surface area contributed by atoms with Gasteiger partial charge in [0.15, 0.2) is 0 Å². The molecule has 0 atom stereocenters. The second-order valence-corrected chi connectivity index (χ2v) is 4.83. The third kappa shape index (κ3) is 4.46. The molecule has 0 saturated carbocycles. The van der Waals surface area contributed by atoms with Gasteiger partial charge in [-0.1, -0.05) is 18.2 Å². The van der Waals surface area contributed by atoms with Crippen molar-refractivity contribution in [2.75, 3.05) is 26.0 Å². The maximum atomic E-state index is 12.8. The molecule has 0 aliphatic carbocycles. The first-order valence-electron chi connectivity index (χ1n) is 7.02. The van der Waals surface area contributed by atoms with Crippen molar-refractivity contribution < 1.29 is 9.13 Å². The summed E-state index contributed by atoms with van der Waals surface area (Å²) in [6.07, 6.45) is 0.883. The Morgan fingerprint density at radius 1 is 1.10 bits per heavy atom. The molecule has 4 heteroatoms. The molecule has 0 aliphatic rings. The summed E-state index contributed by atoms with van der Waals surface area (Å²) in [5.74, 6) is 0.693. The van der Waals surface area contributed by atoms with Gasteiger partial charge in [0.25, 0.3) is 0 Å². The summed E-state index contributed by atoms with van der Waals surface area (Å²) in [4.78, 5) is 0. The molecule has 3 nitrogen and oxygen atoms in total. The summed E-state index contributed by atoms with van der Waals surface area (Å²) in [5, 5.41) is 6.45. The Labute approximate surface area is 125 Å². The Kier molecular flexibility index (Phi) is 5.58. The summed E-state index contributed by atoms with van der Waals surface area (Å²) in [6.45, 7) is 1.57. The van der Waals surface area contributed by atoms with E-state index in [9.17, 15) is 4.39 Å². The second-order valence-electron chi connectivity index (χ2n) is 4.83. The zero-order chi connectivity index (χ0) is 15.1. The Balaban J connectivity index is 1.84. The molecule has 0 fully saturated rings. The lowest BCUT2D eigenvalue weighted by Crippen LogP contribution is -2.17. The molecule has 0 radical (unpaired) electrons. The summed E-state index contributed by atoms with van der Waals surface area (Å²) in [6, 6.07) is 12.7. The van der Waals surface area contributed by atoms with Crippen molar-refractivity contribution >= 4 is 5.69 Å². The average molecular weight is 288 g/mol. The van der Waals surface area contributed by atoms with Gasteiger partial charge in [-0.15, -0.1) is 0 Å². The number of benzene rings is 2. The zero-order valence-electron chi connectivity index (χ0n) is 12.4. The molecule has 0 aliphatic heterocycles. The van der Waals surface area contributed by atoms with Crippen LogP contribution in [-0.2, 0) is 13.0 Å². The van der Waals surface area contributed by atoms with E-state index in [2.05, 4.69) is 16.7 Å². The number of nitrogens with one attached hydrogen (secondary N) is 2. The van der Waals surface area contributed by atoms with Crippen molar-refractivity contribution in [3.05, 3.63) is 59.4 Å². The first kappa shape index (κ1) is 15.3. The summed E-state index contributed by atoms with van der Waals surface area (Å²) < 4.78 is 18.2. The van der Waals surface area contributed by atoms with Gasteiger partial charge in [0, 0.05) is 25.3 Å². The summed E-state index contributed by atoms with van der Waals surface area (Å²) in [7, 11) is 3.57. The number of ether oxygens (including phenoxy) is 1. The lowest BCUT2D eigenvalue weighted by Gasteiger charge is -2.11. The van der Waals surface area contributed by atoms with Crippen molar-refractivity contribution in [2.24, 2.45) is 0 Å². The quantitative estimate of drug-likeness (QED) is 0.768. The Morgan fingerprint density at radius 3 is 2.52 bits per heavy atom. The molecule has 0 amide bonds. The number of anilines is 1. The van der Waals surface area contributed by atoms with Gasteiger partial charge in [0.05, 0.1) is 7.11 Å². The molecule has 0 heterocycles. The molecule has 2 aromatic carbocycles. The minimum absolute atomic E-state index is 0.201. The van der Waals surface area contributed by atoms with Gasteiger partial charge in [-0.25, -0.2) is 4.39 Å². The molecule has 2 N–H and O–H groups in total. The van der Waals surface area contributed by atoms with Crippen LogP contribution in [0.1, 0.15) is 11.1 Å². The van der Waals surface area contributed by atoms with E-state index < -0.39 is 0 Å². The number of halogens is 1. The monoisotopic (exact) mass is 288 g/mol. The fourth-order valence-corrected chi connectivity index (χ4v) is 2.16.